The number of primary amides is 1. The standard InChI is InChI=1S/C19H32N6O10/c20-6-2-1-3-10(23-16(31)9(21)4-5-13(22)26)17(32)24-11(7-14(27)28)18(33)25-12(19(34)35)8-15(29)30/h9-12H,1-8,20-21H2,(H2,22,26)(H,23,31)(H,24,32)(H,25,33)(H,27,28)(H,29,30)(H,34,35). The van der Waals surface area contributed by atoms with E-state index in [1.165, 1.54) is 0 Å². The number of carbonyl (C=O) groups is 7. The van der Waals surface area contributed by atoms with Crippen molar-refractivity contribution >= 4 is 41.5 Å². The normalized spacial score (nSPS) is 14.0. The van der Waals surface area contributed by atoms with Crippen molar-refractivity contribution in [3.8, 4) is 0 Å². The maximum atomic E-state index is 12.8. The molecule has 0 radical (unpaired) electrons. The summed E-state index contributed by atoms with van der Waals surface area (Å²) in [5, 5.41) is 33.3. The summed E-state index contributed by atoms with van der Waals surface area (Å²) in [6, 6.07) is -6.12. The second-order valence-corrected chi connectivity index (χ2v) is 7.61. The number of rotatable bonds is 18. The minimum Gasteiger partial charge on any atom is -0.481 e. The van der Waals surface area contributed by atoms with Crippen LogP contribution in [0.15, 0.2) is 0 Å². The molecule has 0 bridgehead atoms. The number of carboxylic acid groups (broad SMARTS) is 3. The molecule has 16 heteroatoms. The van der Waals surface area contributed by atoms with Crippen molar-refractivity contribution in [1.29, 1.82) is 0 Å². The Morgan fingerprint density at radius 3 is 1.66 bits per heavy atom. The molecule has 0 fully saturated rings. The van der Waals surface area contributed by atoms with Crippen LogP contribution in [0.3, 0.4) is 0 Å². The molecule has 0 aromatic carbocycles. The maximum Gasteiger partial charge on any atom is 0.326 e. The third-order valence-electron chi connectivity index (χ3n) is 4.62. The van der Waals surface area contributed by atoms with Gasteiger partial charge in [-0.25, -0.2) is 4.79 Å². The first-order valence-electron chi connectivity index (χ1n) is 10.6. The van der Waals surface area contributed by atoms with Crippen LogP contribution in [0.2, 0.25) is 0 Å². The Morgan fingerprint density at radius 2 is 1.17 bits per heavy atom. The van der Waals surface area contributed by atoms with E-state index < -0.39 is 78.5 Å². The zero-order valence-corrected chi connectivity index (χ0v) is 18.9. The molecule has 0 spiro atoms. The maximum absolute atomic E-state index is 12.8. The van der Waals surface area contributed by atoms with Gasteiger partial charge in [-0.2, -0.15) is 0 Å². The van der Waals surface area contributed by atoms with Gasteiger partial charge in [0, 0.05) is 6.42 Å². The average molecular weight is 504 g/mol. The third kappa shape index (κ3) is 13.5. The van der Waals surface area contributed by atoms with Crippen molar-refractivity contribution < 1.29 is 48.9 Å². The molecule has 0 aromatic rings. The van der Waals surface area contributed by atoms with E-state index >= 15 is 0 Å². The van der Waals surface area contributed by atoms with Crippen LogP contribution in [0.25, 0.3) is 0 Å². The minimum absolute atomic E-state index is 0.0372. The fourth-order valence-electron chi connectivity index (χ4n) is 2.77. The number of carboxylic acids is 3. The first-order chi connectivity index (χ1) is 16.3. The van der Waals surface area contributed by atoms with Gasteiger partial charge < -0.3 is 48.5 Å². The Balaban J connectivity index is 5.53. The Morgan fingerprint density at radius 1 is 0.686 bits per heavy atom. The van der Waals surface area contributed by atoms with Crippen molar-refractivity contribution in [1.82, 2.24) is 16.0 Å². The van der Waals surface area contributed by atoms with Crippen LogP contribution >= 0.6 is 0 Å². The molecule has 0 aliphatic heterocycles. The van der Waals surface area contributed by atoms with Gasteiger partial charge in [0.2, 0.25) is 23.6 Å². The van der Waals surface area contributed by atoms with Crippen LogP contribution < -0.4 is 33.2 Å². The monoisotopic (exact) mass is 504 g/mol. The van der Waals surface area contributed by atoms with Gasteiger partial charge in [-0.3, -0.25) is 28.8 Å². The molecule has 4 amide bonds. The number of hydrogen-bond donors (Lipinski definition) is 9. The van der Waals surface area contributed by atoms with Crippen molar-refractivity contribution in [2.24, 2.45) is 17.2 Å². The molecule has 4 unspecified atom stereocenters. The van der Waals surface area contributed by atoms with Gasteiger partial charge >= 0.3 is 17.9 Å². The predicted molar refractivity (Wildman–Crippen MR) is 117 cm³/mol. The Kier molecular flexibility index (Phi) is 14.2. The molecule has 0 rings (SSSR count). The fraction of sp³-hybridized carbons (Fsp3) is 0.632. The summed E-state index contributed by atoms with van der Waals surface area (Å²) in [4.78, 5) is 81.7. The molecule has 198 valence electrons. The average Bonchev–Trinajstić information content (AvgIpc) is 2.74. The van der Waals surface area contributed by atoms with Crippen LogP contribution in [-0.4, -0.2) is 87.6 Å². The minimum atomic E-state index is -1.88. The number of aliphatic carboxylic acids is 3. The van der Waals surface area contributed by atoms with Gasteiger partial charge in [0.25, 0.3) is 0 Å². The third-order valence-corrected chi connectivity index (χ3v) is 4.62. The Bertz CT molecular complexity index is 805. The van der Waals surface area contributed by atoms with E-state index in [1.54, 1.807) is 0 Å². The largest absolute Gasteiger partial charge is 0.481 e. The lowest BCUT2D eigenvalue weighted by Gasteiger charge is -2.24. The summed E-state index contributed by atoms with van der Waals surface area (Å²) in [6.07, 6.45) is -1.35. The SMILES string of the molecule is NCCCCC(NC(=O)C(N)CCC(N)=O)C(=O)NC(CC(=O)O)C(=O)NC(CC(=O)O)C(=O)O. The summed E-state index contributed by atoms with van der Waals surface area (Å²) in [6.45, 7) is 0.282. The second-order valence-electron chi connectivity index (χ2n) is 7.61. The molecule has 16 nitrogen and oxygen atoms in total. The Hall–Kier alpha value is -3.79. The predicted octanol–water partition coefficient (Wildman–Crippen LogP) is -3.80. The molecule has 0 saturated heterocycles. The van der Waals surface area contributed by atoms with E-state index in [0.717, 1.165) is 0 Å². The molecule has 0 aliphatic rings. The first-order valence-corrected chi connectivity index (χ1v) is 10.6. The number of hydrogen-bond acceptors (Lipinski definition) is 9. The van der Waals surface area contributed by atoms with E-state index in [0.29, 0.717) is 12.8 Å². The second kappa shape index (κ2) is 15.9. The van der Waals surface area contributed by atoms with E-state index in [-0.39, 0.29) is 25.8 Å². The summed E-state index contributed by atoms with van der Waals surface area (Å²) in [5.41, 5.74) is 16.1. The van der Waals surface area contributed by atoms with Crippen molar-refractivity contribution in [3.05, 3.63) is 0 Å². The summed E-state index contributed by atoms with van der Waals surface area (Å²) >= 11 is 0. The molecular formula is C19H32N6O10. The molecule has 0 aliphatic carbocycles. The zero-order valence-electron chi connectivity index (χ0n) is 18.9. The number of nitrogens with two attached hydrogens (primary N) is 3. The van der Waals surface area contributed by atoms with Gasteiger partial charge in [-0.05, 0) is 32.2 Å². The lowest BCUT2D eigenvalue weighted by molar-refractivity contribution is -0.148. The van der Waals surface area contributed by atoms with E-state index in [4.69, 9.17) is 32.5 Å². The van der Waals surface area contributed by atoms with Crippen LogP contribution in [0, 0.1) is 0 Å². The molecule has 12 N–H and O–H groups in total. The fourth-order valence-corrected chi connectivity index (χ4v) is 2.77. The summed E-state index contributed by atoms with van der Waals surface area (Å²) < 4.78 is 0. The van der Waals surface area contributed by atoms with Gasteiger partial charge in [-0.1, -0.05) is 0 Å². The van der Waals surface area contributed by atoms with Gasteiger partial charge in [-0.15, -0.1) is 0 Å². The number of amides is 4. The highest BCUT2D eigenvalue weighted by Gasteiger charge is 2.32. The van der Waals surface area contributed by atoms with Crippen LogP contribution in [-0.2, 0) is 33.6 Å². The van der Waals surface area contributed by atoms with Crippen molar-refractivity contribution in [3.63, 3.8) is 0 Å². The quantitative estimate of drug-likeness (QED) is 0.0812. The van der Waals surface area contributed by atoms with Gasteiger partial charge in [0.1, 0.15) is 18.1 Å². The summed E-state index contributed by atoms with van der Waals surface area (Å²) in [5.74, 6) is -8.44. The van der Waals surface area contributed by atoms with Gasteiger partial charge in [0.15, 0.2) is 0 Å². The molecule has 35 heavy (non-hydrogen) atoms. The lowest BCUT2D eigenvalue weighted by atomic mass is 10.1. The van der Waals surface area contributed by atoms with Crippen LogP contribution in [0.4, 0.5) is 0 Å². The van der Waals surface area contributed by atoms with E-state index in [2.05, 4.69) is 10.6 Å². The number of carbonyl (C=O) groups excluding carboxylic acids is 4. The van der Waals surface area contributed by atoms with Crippen LogP contribution in [0.1, 0.15) is 44.9 Å². The smallest absolute Gasteiger partial charge is 0.326 e. The Labute approximate surface area is 199 Å². The molecule has 0 heterocycles. The van der Waals surface area contributed by atoms with E-state index in [1.807, 2.05) is 5.32 Å². The van der Waals surface area contributed by atoms with Crippen LogP contribution in [0.5, 0.6) is 0 Å². The molecule has 0 saturated carbocycles. The molecular weight excluding hydrogens is 472 g/mol. The zero-order chi connectivity index (χ0) is 27.1. The lowest BCUT2D eigenvalue weighted by Crippen LogP contribution is -2.57. The van der Waals surface area contributed by atoms with Crippen molar-refractivity contribution in [2.75, 3.05) is 6.54 Å². The summed E-state index contributed by atoms with van der Waals surface area (Å²) in [7, 11) is 0. The van der Waals surface area contributed by atoms with Crippen molar-refractivity contribution in [2.45, 2.75) is 69.1 Å². The first kappa shape index (κ1) is 31.2. The van der Waals surface area contributed by atoms with E-state index in [9.17, 15) is 33.6 Å². The van der Waals surface area contributed by atoms with Gasteiger partial charge in [0.05, 0.1) is 18.9 Å². The highest BCUT2D eigenvalue weighted by Crippen LogP contribution is 2.05. The molecule has 4 atom stereocenters. The topological polar surface area (TPSA) is 294 Å². The number of nitrogens with one attached hydrogen (secondary N) is 3. The highest BCUT2D eigenvalue weighted by atomic mass is 16.4. The highest BCUT2D eigenvalue weighted by molar-refractivity contribution is 5.96. The molecule has 0 aromatic heterocycles. The number of unbranched alkanes of at least 4 members (excludes halogenated alkanes) is 1.